The first-order chi connectivity index (χ1) is 9.52. The van der Waals surface area contributed by atoms with Crippen LogP contribution in [-0.2, 0) is 9.05 Å². The van der Waals surface area contributed by atoms with Crippen molar-refractivity contribution < 1.29 is 17.6 Å². The van der Waals surface area contributed by atoms with Crippen LogP contribution in [0.5, 0.6) is 0 Å². The number of hydrogen-bond acceptors (Lipinski definition) is 3. The highest BCUT2D eigenvalue weighted by Crippen LogP contribution is 2.39. The molecule has 0 unspecified atom stereocenters. The van der Waals surface area contributed by atoms with E-state index in [9.17, 15) is 17.6 Å². The average molecular weight is 399 g/mol. The van der Waals surface area contributed by atoms with Crippen LogP contribution in [0.3, 0.4) is 0 Å². The Kier molecular flexibility index (Phi) is 4.39. The highest BCUT2D eigenvalue weighted by Gasteiger charge is 2.39. The Hall–Kier alpha value is -0.660. The average Bonchev–Trinajstić information content (AvgIpc) is 3.09. The third kappa shape index (κ3) is 3.76. The third-order valence-corrected chi connectivity index (χ3v) is 5.56. The number of carbonyl (C=O) groups excluding carboxylic acids is 1. The highest BCUT2D eigenvalue weighted by molar-refractivity contribution is 9.10. The highest BCUT2D eigenvalue weighted by atomic mass is 79.9. The first-order valence-corrected chi connectivity index (χ1v) is 9.39. The van der Waals surface area contributed by atoms with Crippen LogP contribution in [0.15, 0.2) is 21.5 Å². The van der Waals surface area contributed by atoms with E-state index in [1.54, 1.807) is 0 Å². The molecule has 1 saturated carbocycles. The number of halogens is 3. The molecule has 1 fully saturated rings. The molecular weight excluding hydrogens is 385 g/mol. The molecule has 1 aliphatic rings. The Morgan fingerprint density at radius 1 is 1.43 bits per heavy atom. The van der Waals surface area contributed by atoms with E-state index in [1.165, 1.54) is 0 Å². The first-order valence-electron chi connectivity index (χ1n) is 6.28. The van der Waals surface area contributed by atoms with Gasteiger partial charge in [-0.15, -0.1) is 0 Å². The van der Waals surface area contributed by atoms with Crippen molar-refractivity contribution >= 4 is 41.6 Å². The molecule has 1 aromatic carbocycles. The van der Waals surface area contributed by atoms with Gasteiger partial charge < -0.3 is 5.32 Å². The zero-order chi connectivity index (χ0) is 16.0. The van der Waals surface area contributed by atoms with Gasteiger partial charge in [0.25, 0.3) is 15.0 Å². The van der Waals surface area contributed by atoms with Crippen LogP contribution in [0.1, 0.15) is 37.0 Å². The number of rotatable bonds is 4. The van der Waals surface area contributed by atoms with Crippen molar-refractivity contribution in [3.63, 3.8) is 0 Å². The van der Waals surface area contributed by atoms with E-state index in [1.807, 2.05) is 13.8 Å². The van der Waals surface area contributed by atoms with Gasteiger partial charge in [0, 0.05) is 20.7 Å². The summed E-state index contributed by atoms with van der Waals surface area (Å²) in [6.07, 6.45) is 2.08. The molecule has 4 nitrogen and oxygen atoms in total. The summed E-state index contributed by atoms with van der Waals surface area (Å²) in [6.45, 7) is 3.80. The molecule has 116 valence electrons. The topological polar surface area (TPSA) is 63.2 Å². The lowest BCUT2D eigenvalue weighted by atomic mass is 9.98. The minimum absolute atomic E-state index is 0.0318. The van der Waals surface area contributed by atoms with Gasteiger partial charge in [-0.3, -0.25) is 4.79 Å². The molecule has 0 atom stereocenters. The van der Waals surface area contributed by atoms with Crippen molar-refractivity contribution in [3.05, 3.63) is 28.0 Å². The van der Waals surface area contributed by atoms with Crippen molar-refractivity contribution in [2.45, 2.75) is 37.1 Å². The largest absolute Gasteiger partial charge is 0.347 e. The maximum Gasteiger partial charge on any atom is 0.264 e. The van der Waals surface area contributed by atoms with E-state index < -0.39 is 31.2 Å². The molecule has 2 rings (SSSR count). The summed E-state index contributed by atoms with van der Waals surface area (Å²) in [4.78, 5) is 11.6. The van der Waals surface area contributed by atoms with Crippen molar-refractivity contribution in [2.24, 2.45) is 5.92 Å². The Bertz CT molecular complexity index is 702. The number of carbonyl (C=O) groups is 1. The third-order valence-electron chi connectivity index (χ3n) is 3.56. The maximum absolute atomic E-state index is 13.6. The molecule has 8 heteroatoms. The second-order valence-corrected chi connectivity index (χ2v) is 9.04. The van der Waals surface area contributed by atoms with Crippen LogP contribution < -0.4 is 5.32 Å². The number of benzene rings is 1. The molecule has 0 aliphatic heterocycles. The Balaban J connectivity index is 2.37. The molecule has 0 radical (unpaired) electrons. The normalized spacial score (nSPS) is 15.9. The van der Waals surface area contributed by atoms with E-state index >= 15 is 0 Å². The number of hydrogen-bond donors (Lipinski definition) is 1. The molecule has 1 N–H and O–H groups in total. The lowest BCUT2D eigenvalue weighted by Crippen LogP contribution is -2.45. The monoisotopic (exact) mass is 397 g/mol. The molecule has 0 aromatic heterocycles. The van der Waals surface area contributed by atoms with Gasteiger partial charge in [-0.25, -0.2) is 12.8 Å². The van der Waals surface area contributed by atoms with Gasteiger partial charge in [0.2, 0.25) is 0 Å². The fraction of sp³-hybridized carbons (Fsp3) is 0.462. The van der Waals surface area contributed by atoms with Crippen molar-refractivity contribution in [2.75, 3.05) is 0 Å². The van der Waals surface area contributed by atoms with Gasteiger partial charge in [-0.2, -0.15) is 0 Å². The van der Waals surface area contributed by atoms with Crippen molar-refractivity contribution in [3.8, 4) is 0 Å². The van der Waals surface area contributed by atoms with Crippen molar-refractivity contribution in [1.29, 1.82) is 0 Å². The van der Waals surface area contributed by atoms with Gasteiger partial charge >= 0.3 is 0 Å². The minimum Gasteiger partial charge on any atom is -0.347 e. The van der Waals surface area contributed by atoms with E-state index in [2.05, 4.69) is 21.2 Å². The summed E-state index contributed by atoms with van der Waals surface area (Å²) in [6, 6.07) is 1.87. The maximum atomic E-state index is 13.6. The second kappa shape index (κ2) is 5.52. The van der Waals surface area contributed by atoms with E-state index in [4.69, 9.17) is 10.7 Å². The Morgan fingerprint density at radius 2 is 2.00 bits per heavy atom. The van der Waals surface area contributed by atoms with E-state index in [0.29, 0.717) is 5.92 Å². The summed E-state index contributed by atoms with van der Waals surface area (Å²) >= 11 is 3.07. The molecule has 1 amide bonds. The fourth-order valence-electron chi connectivity index (χ4n) is 2.16. The van der Waals surface area contributed by atoms with Crippen LogP contribution in [0.25, 0.3) is 0 Å². The van der Waals surface area contributed by atoms with Crippen LogP contribution in [0, 0.1) is 11.7 Å². The smallest absolute Gasteiger partial charge is 0.264 e. The molecule has 0 saturated heterocycles. The van der Waals surface area contributed by atoms with Crippen LogP contribution in [-0.4, -0.2) is 19.9 Å². The molecule has 0 heterocycles. The van der Waals surface area contributed by atoms with Crippen LogP contribution in [0.4, 0.5) is 4.39 Å². The van der Waals surface area contributed by atoms with Crippen LogP contribution >= 0.6 is 26.6 Å². The minimum atomic E-state index is -4.26. The van der Waals surface area contributed by atoms with Gasteiger partial charge in [-0.05, 0) is 60.7 Å². The molecule has 1 aliphatic carbocycles. The van der Waals surface area contributed by atoms with Gasteiger partial charge in [0.05, 0.1) is 5.56 Å². The van der Waals surface area contributed by atoms with Gasteiger partial charge in [-0.1, -0.05) is 0 Å². The Morgan fingerprint density at radius 3 is 2.48 bits per heavy atom. The summed E-state index contributed by atoms with van der Waals surface area (Å²) in [5.41, 5.74) is -0.366. The molecule has 0 spiro atoms. The fourth-order valence-corrected chi connectivity index (χ4v) is 3.56. The van der Waals surface area contributed by atoms with E-state index in [0.717, 1.165) is 25.0 Å². The number of nitrogens with one attached hydrogen (secondary N) is 1. The lowest BCUT2D eigenvalue weighted by Gasteiger charge is -2.26. The molecular formula is C13H14BrClFNO3S. The molecule has 1 aromatic rings. The SMILES string of the molecule is CC(C)(NC(=O)c1cc(S(=O)(=O)Cl)c(F)cc1Br)C1CC1. The molecule has 21 heavy (non-hydrogen) atoms. The zero-order valence-corrected chi connectivity index (χ0v) is 14.6. The first kappa shape index (κ1) is 16.7. The van der Waals surface area contributed by atoms with Gasteiger partial charge in [0.15, 0.2) is 0 Å². The van der Waals surface area contributed by atoms with E-state index in [-0.39, 0.29) is 10.0 Å². The quantitative estimate of drug-likeness (QED) is 0.790. The predicted octanol–water partition coefficient (Wildman–Crippen LogP) is 3.43. The number of amides is 1. The summed E-state index contributed by atoms with van der Waals surface area (Å²) in [7, 11) is 0.914. The summed E-state index contributed by atoms with van der Waals surface area (Å²) in [5, 5.41) is 2.84. The van der Waals surface area contributed by atoms with Crippen LogP contribution in [0.2, 0.25) is 0 Å². The zero-order valence-electron chi connectivity index (χ0n) is 11.4. The van der Waals surface area contributed by atoms with Gasteiger partial charge in [0.1, 0.15) is 10.7 Å². The predicted molar refractivity (Wildman–Crippen MR) is 81.4 cm³/mol. The summed E-state index contributed by atoms with van der Waals surface area (Å²) < 4.78 is 36.5. The molecule has 0 bridgehead atoms. The summed E-state index contributed by atoms with van der Waals surface area (Å²) in [5.74, 6) is -1.08. The van der Waals surface area contributed by atoms with Crippen molar-refractivity contribution in [1.82, 2.24) is 5.32 Å². The standard InChI is InChI=1S/C13H14BrClFNO3S/c1-13(2,7-3-4-7)17-12(18)8-5-11(21(15,19)20)10(16)6-9(8)14/h5-7H,3-4H2,1-2H3,(H,17,18). The lowest BCUT2D eigenvalue weighted by molar-refractivity contribution is 0.0902. The second-order valence-electron chi connectivity index (χ2n) is 5.65. The Labute approximate surface area is 135 Å².